The van der Waals surface area contributed by atoms with Crippen LogP contribution in [0.2, 0.25) is 5.02 Å². The summed E-state index contributed by atoms with van der Waals surface area (Å²) in [6.45, 7) is 5.69. The summed E-state index contributed by atoms with van der Waals surface area (Å²) in [5.41, 5.74) is 1.26. The molecule has 1 unspecified atom stereocenters. The molecule has 1 aromatic carbocycles. The zero-order chi connectivity index (χ0) is 13.7. The fourth-order valence-electron chi connectivity index (χ4n) is 1.84. The highest BCUT2D eigenvalue weighted by molar-refractivity contribution is 7.10. The van der Waals surface area contributed by atoms with Crippen molar-refractivity contribution in [3.63, 3.8) is 0 Å². The van der Waals surface area contributed by atoms with Crippen LogP contribution in [0.15, 0.2) is 35.7 Å². The molecule has 19 heavy (non-hydrogen) atoms. The first kappa shape index (κ1) is 14.4. The Bertz CT molecular complexity index is 509. The molecule has 0 bridgehead atoms. The first-order valence-electron chi connectivity index (χ1n) is 6.38. The van der Waals surface area contributed by atoms with E-state index in [1.165, 1.54) is 10.4 Å². The van der Waals surface area contributed by atoms with E-state index < -0.39 is 0 Å². The van der Waals surface area contributed by atoms with Crippen LogP contribution in [0.1, 0.15) is 30.3 Å². The summed E-state index contributed by atoms with van der Waals surface area (Å²) in [6, 6.07) is 10.5. The minimum absolute atomic E-state index is 0.302. The largest absolute Gasteiger partial charge is 0.494 e. The maximum absolute atomic E-state index is 5.91. The van der Waals surface area contributed by atoms with Gasteiger partial charge in [0.25, 0.3) is 0 Å². The third-order valence-corrected chi connectivity index (χ3v) is 4.18. The van der Waals surface area contributed by atoms with Crippen LogP contribution in [0.5, 0.6) is 5.75 Å². The molecule has 0 radical (unpaired) electrons. The van der Waals surface area contributed by atoms with E-state index in [4.69, 9.17) is 16.3 Å². The maximum Gasteiger partial charge on any atom is 0.119 e. The second kappa shape index (κ2) is 6.94. The molecule has 102 valence electrons. The van der Waals surface area contributed by atoms with Crippen LogP contribution >= 0.6 is 22.9 Å². The standard InChI is InChI=1S/C15H18ClNOS/c1-3-18-14-6-4-12(5-7-14)11(2)17-9-15-8-13(16)10-19-15/h4-8,10-11,17H,3,9H2,1-2H3. The molecule has 2 rings (SSSR count). The van der Waals surface area contributed by atoms with Gasteiger partial charge >= 0.3 is 0 Å². The van der Waals surface area contributed by atoms with E-state index in [1.807, 2.05) is 30.5 Å². The van der Waals surface area contributed by atoms with Crippen LogP contribution in [0.4, 0.5) is 0 Å². The van der Waals surface area contributed by atoms with Gasteiger partial charge < -0.3 is 10.1 Å². The molecule has 2 aromatic rings. The normalized spacial score (nSPS) is 12.4. The molecule has 0 aliphatic rings. The van der Waals surface area contributed by atoms with Crippen LogP contribution in [0.3, 0.4) is 0 Å². The van der Waals surface area contributed by atoms with E-state index in [-0.39, 0.29) is 0 Å². The van der Waals surface area contributed by atoms with Crippen molar-refractivity contribution in [3.8, 4) is 5.75 Å². The van der Waals surface area contributed by atoms with Gasteiger partial charge in [0.1, 0.15) is 5.75 Å². The molecule has 0 saturated heterocycles. The molecule has 4 heteroatoms. The Morgan fingerprint density at radius 2 is 2.05 bits per heavy atom. The number of hydrogen-bond acceptors (Lipinski definition) is 3. The molecule has 0 amide bonds. The van der Waals surface area contributed by atoms with Crippen molar-refractivity contribution in [1.29, 1.82) is 0 Å². The van der Waals surface area contributed by atoms with Crippen molar-refractivity contribution in [1.82, 2.24) is 5.32 Å². The van der Waals surface area contributed by atoms with Gasteiger partial charge in [-0.15, -0.1) is 11.3 Å². The Balaban J connectivity index is 1.90. The van der Waals surface area contributed by atoms with Crippen molar-refractivity contribution < 1.29 is 4.74 Å². The van der Waals surface area contributed by atoms with E-state index in [0.717, 1.165) is 17.3 Å². The topological polar surface area (TPSA) is 21.3 Å². The molecule has 0 saturated carbocycles. The zero-order valence-electron chi connectivity index (χ0n) is 11.2. The molecule has 0 fully saturated rings. The van der Waals surface area contributed by atoms with E-state index in [1.54, 1.807) is 11.3 Å². The summed E-state index contributed by atoms with van der Waals surface area (Å²) in [5, 5.41) is 6.26. The Kier molecular flexibility index (Phi) is 5.25. The number of nitrogens with one attached hydrogen (secondary N) is 1. The number of hydrogen-bond donors (Lipinski definition) is 1. The van der Waals surface area contributed by atoms with Crippen molar-refractivity contribution in [3.05, 3.63) is 51.2 Å². The van der Waals surface area contributed by atoms with Crippen molar-refractivity contribution in [2.24, 2.45) is 0 Å². The Hall–Kier alpha value is -1.03. The van der Waals surface area contributed by atoms with Gasteiger partial charge in [0.2, 0.25) is 0 Å². The van der Waals surface area contributed by atoms with Crippen LogP contribution < -0.4 is 10.1 Å². The molecule has 0 spiro atoms. The van der Waals surface area contributed by atoms with Gasteiger partial charge in [0.05, 0.1) is 11.6 Å². The lowest BCUT2D eigenvalue weighted by Crippen LogP contribution is -2.17. The highest BCUT2D eigenvalue weighted by Gasteiger charge is 2.06. The van der Waals surface area contributed by atoms with E-state index in [2.05, 4.69) is 24.4 Å². The quantitative estimate of drug-likeness (QED) is 0.837. The second-order valence-corrected chi connectivity index (χ2v) is 5.77. The summed E-state index contributed by atoms with van der Waals surface area (Å²) in [6.07, 6.45) is 0. The summed E-state index contributed by atoms with van der Waals surface area (Å²) in [7, 11) is 0. The lowest BCUT2D eigenvalue weighted by molar-refractivity contribution is 0.340. The van der Waals surface area contributed by atoms with Crippen molar-refractivity contribution >= 4 is 22.9 Å². The SMILES string of the molecule is CCOc1ccc(C(C)NCc2cc(Cl)cs2)cc1. The van der Waals surface area contributed by atoms with E-state index in [9.17, 15) is 0 Å². The highest BCUT2D eigenvalue weighted by Crippen LogP contribution is 2.21. The van der Waals surface area contributed by atoms with Crippen LogP contribution in [0.25, 0.3) is 0 Å². The molecule has 1 atom stereocenters. The molecule has 1 aromatic heterocycles. The van der Waals surface area contributed by atoms with Gasteiger partial charge in [-0.3, -0.25) is 0 Å². The summed E-state index contributed by atoms with van der Waals surface area (Å²) in [5.74, 6) is 0.920. The summed E-state index contributed by atoms with van der Waals surface area (Å²) < 4.78 is 5.44. The predicted molar refractivity (Wildman–Crippen MR) is 82.2 cm³/mol. The monoisotopic (exact) mass is 295 g/mol. The van der Waals surface area contributed by atoms with Gasteiger partial charge in [0, 0.05) is 22.8 Å². The Morgan fingerprint density at radius 3 is 2.63 bits per heavy atom. The summed E-state index contributed by atoms with van der Waals surface area (Å²) >= 11 is 7.59. The fourth-order valence-corrected chi connectivity index (χ4v) is 2.86. The highest BCUT2D eigenvalue weighted by atomic mass is 35.5. The molecule has 1 heterocycles. The predicted octanol–water partition coefficient (Wildman–Crippen LogP) is 4.65. The Morgan fingerprint density at radius 1 is 1.32 bits per heavy atom. The minimum atomic E-state index is 0.302. The van der Waals surface area contributed by atoms with E-state index >= 15 is 0 Å². The smallest absolute Gasteiger partial charge is 0.119 e. The van der Waals surface area contributed by atoms with Gasteiger partial charge in [-0.2, -0.15) is 0 Å². The van der Waals surface area contributed by atoms with Gasteiger partial charge in [-0.25, -0.2) is 0 Å². The van der Waals surface area contributed by atoms with Gasteiger partial charge in [0.15, 0.2) is 0 Å². The third-order valence-electron chi connectivity index (χ3n) is 2.90. The fraction of sp³-hybridized carbons (Fsp3) is 0.333. The van der Waals surface area contributed by atoms with E-state index in [0.29, 0.717) is 12.6 Å². The van der Waals surface area contributed by atoms with Crippen LogP contribution in [0, 0.1) is 0 Å². The number of rotatable bonds is 6. The maximum atomic E-state index is 5.91. The lowest BCUT2D eigenvalue weighted by atomic mass is 10.1. The average molecular weight is 296 g/mol. The van der Waals surface area contributed by atoms with Crippen molar-refractivity contribution in [2.45, 2.75) is 26.4 Å². The van der Waals surface area contributed by atoms with Gasteiger partial charge in [-0.05, 0) is 37.6 Å². The number of halogens is 1. The average Bonchev–Trinajstić information content (AvgIpc) is 2.83. The summed E-state index contributed by atoms with van der Waals surface area (Å²) in [4.78, 5) is 1.25. The second-order valence-electron chi connectivity index (χ2n) is 4.34. The molecule has 1 N–H and O–H groups in total. The van der Waals surface area contributed by atoms with Crippen LogP contribution in [-0.4, -0.2) is 6.61 Å². The molecule has 0 aliphatic heterocycles. The molecule has 0 aliphatic carbocycles. The van der Waals surface area contributed by atoms with Gasteiger partial charge in [-0.1, -0.05) is 23.7 Å². The number of thiophene rings is 1. The number of benzene rings is 1. The minimum Gasteiger partial charge on any atom is -0.494 e. The lowest BCUT2D eigenvalue weighted by Gasteiger charge is -2.14. The first-order chi connectivity index (χ1) is 9.19. The molecular formula is C15H18ClNOS. The van der Waals surface area contributed by atoms with Crippen molar-refractivity contribution in [2.75, 3.05) is 6.61 Å². The first-order valence-corrected chi connectivity index (χ1v) is 7.64. The van der Waals surface area contributed by atoms with Crippen LogP contribution in [-0.2, 0) is 6.54 Å². The number of ether oxygens (including phenoxy) is 1. The third kappa shape index (κ3) is 4.23. The Labute approximate surface area is 123 Å². The molecule has 2 nitrogen and oxygen atoms in total. The zero-order valence-corrected chi connectivity index (χ0v) is 12.7. The molecular weight excluding hydrogens is 278 g/mol.